The number of carbonyl (C=O) groups is 2. The van der Waals surface area contributed by atoms with Crippen molar-refractivity contribution in [2.24, 2.45) is 0 Å². The van der Waals surface area contributed by atoms with Gasteiger partial charge >= 0.3 is 5.97 Å². The van der Waals surface area contributed by atoms with Gasteiger partial charge in [-0.1, -0.05) is 12.2 Å². The Morgan fingerprint density at radius 1 is 1.65 bits per heavy atom. The molecular formula is C12H13N5O4S2. The van der Waals surface area contributed by atoms with E-state index in [-0.39, 0.29) is 22.7 Å². The van der Waals surface area contributed by atoms with Crippen LogP contribution in [0, 0.1) is 0 Å². The molecule has 3 rings (SSSR count). The molecule has 1 aromatic heterocycles. The van der Waals surface area contributed by atoms with Crippen molar-refractivity contribution in [3.8, 4) is 0 Å². The first kappa shape index (κ1) is 15.7. The van der Waals surface area contributed by atoms with Crippen molar-refractivity contribution in [1.29, 1.82) is 0 Å². The molecule has 2 aliphatic heterocycles. The van der Waals surface area contributed by atoms with E-state index >= 15 is 0 Å². The zero-order chi connectivity index (χ0) is 16.7. The average Bonchev–Trinajstić information content (AvgIpc) is 3.03. The van der Waals surface area contributed by atoms with E-state index in [1.807, 2.05) is 0 Å². The van der Waals surface area contributed by atoms with Crippen LogP contribution in [0.4, 0.5) is 5.95 Å². The summed E-state index contributed by atoms with van der Waals surface area (Å²) in [4.78, 5) is 31.4. The maximum Gasteiger partial charge on any atom is 0.356 e. The molecule has 0 bridgehead atoms. The van der Waals surface area contributed by atoms with Crippen molar-refractivity contribution in [2.45, 2.75) is 18.3 Å². The van der Waals surface area contributed by atoms with E-state index in [4.69, 9.17) is 17.0 Å². The molecule has 2 N–H and O–H groups in total. The number of ether oxygens (including phenoxy) is 1. The lowest BCUT2D eigenvalue weighted by Crippen LogP contribution is -2.71. The van der Waals surface area contributed by atoms with Gasteiger partial charge in [-0.15, -0.1) is 11.8 Å². The second-order valence-corrected chi connectivity index (χ2v) is 6.53. The van der Waals surface area contributed by atoms with E-state index in [9.17, 15) is 14.7 Å². The molecule has 23 heavy (non-hydrogen) atoms. The summed E-state index contributed by atoms with van der Waals surface area (Å²) >= 11 is 6.64. The van der Waals surface area contributed by atoms with Gasteiger partial charge in [0, 0.05) is 0 Å². The fourth-order valence-electron chi connectivity index (χ4n) is 2.62. The number of thioether (sulfide) groups is 1. The quantitative estimate of drug-likeness (QED) is 0.577. The summed E-state index contributed by atoms with van der Waals surface area (Å²) in [7, 11) is 1.39. The molecule has 0 saturated carbocycles. The highest BCUT2D eigenvalue weighted by Crippen LogP contribution is 2.43. The Bertz CT molecular complexity index is 704. The van der Waals surface area contributed by atoms with Gasteiger partial charge in [-0.25, -0.2) is 9.89 Å². The number of aromatic nitrogens is 3. The van der Waals surface area contributed by atoms with Crippen LogP contribution in [0.15, 0.2) is 17.8 Å². The van der Waals surface area contributed by atoms with Gasteiger partial charge in [0.25, 0.3) is 5.91 Å². The van der Waals surface area contributed by atoms with Gasteiger partial charge in [0.15, 0.2) is 5.70 Å². The van der Waals surface area contributed by atoms with Crippen LogP contribution in [0.5, 0.6) is 0 Å². The summed E-state index contributed by atoms with van der Waals surface area (Å²) in [5.41, 5.74) is -0.114. The Hall–Kier alpha value is -2.14. The van der Waals surface area contributed by atoms with Gasteiger partial charge in [0.1, 0.15) is 23.5 Å². The minimum absolute atomic E-state index is 0.114. The van der Waals surface area contributed by atoms with Crippen molar-refractivity contribution < 1.29 is 19.4 Å². The number of nitrogens with one attached hydrogen (secondary N) is 1. The number of rotatable bonds is 4. The Morgan fingerprint density at radius 2 is 2.39 bits per heavy atom. The normalized spacial score (nSPS) is 23.2. The largest absolute Gasteiger partial charge is 0.498 e. The molecule has 0 unspecified atom stereocenters. The van der Waals surface area contributed by atoms with E-state index in [0.717, 1.165) is 0 Å². The molecule has 3 heterocycles. The Labute approximate surface area is 140 Å². The Morgan fingerprint density at radius 3 is 2.91 bits per heavy atom. The number of aliphatic carboxylic acids is 1. The summed E-state index contributed by atoms with van der Waals surface area (Å²) in [6.07, 6.45) is 1.32. The molecule has 1 aromatic rings. The predicted molar refractivity (Wildman–Crippen MR) is 85.7 cm³/mol. The Balaban J connectivity index is 1.95. The number of carboxylic acid groups (broad SMARTS) is 1. The third-order valence-electron chi connectivity index (χ3n) is 3.60. The van der Waals surface area contributed by atoms with Gasteiger partial charge < -0.3 is 9.84 Å². The molecule has 1 fully saturated rings. The highest BCUT2D eigenvalue weighted by Gasteiger charge is 2.57. The number of carboxylic acids is 1. The van der Waals surface area contributed by atoms with Crippen molar-refractivity contribution in [1.82, 2.24) is 20.1 Å². The van der Waals surface area contributed by atoms with Crippen molar-refractivity contribution >= 4 is 46.8 Å². The monoisotopic (exact) mass is 355 g/mol. The van der Waals surface area contributed by atoms with Gasteiger partial charge in [0.2, 0.25) is 5.95 Å². The number of H-pyrrole nitrogens is 1. The molecule has 11 heteroatoms. The van der Waals surface area contributed by atoms with Crippen molar-refractivity contribution in [3.63, 3.8) is 0 Å². The number of fused-ring (bicyclic) bond motifs is 1. The van der Waals surface area contributed by atoms with E-state index in [1.54, 1.807) is 11.8 Å². The lowest BCUT2D eigenvalue weighted by Gasteiger charge is -2.52. The number of hydrogen-bond donors (Lipinski definition) is 2. The standard InChI is InChI=1S/C12H13N5O4S2/c1-5(22)16(12-13-4-14-15-12)8-9(18)17-7(11(19)20)6(21-2)3-23-10(8)17/h4,8,10H,3H2,1-2H3,(H,19,20)(H,13,14,15)/t8-,10-/m1/s1. The molecule has 0 radical (unpaired) electrons. The van der Waals surface area contributed by atoms with Crippen LogP contribution in [-0.4, -0.2) is 66.3 Å². The van der Waals surface area contributed by atoms with Gasteiger partial charge in [-0.3, -0.25) is 14.6 Å². The molecule has 0 aliphatic carbocycles. The van der Waals surface area contributed by atoms with Gasteiger partial charge in [-0.2, -0.15) is 10.1 Å². The zero-order valence-corrected chi connectivity index (χ0v) is 13.8. The van der Waals surface area contributed by atoms with Gasteiger partial charge in [-0.05, 0) is 6.92 Å². The SMILES string of the molecule is COC1=C(C(=O)O)N2C(=O)[C@@H](N(C(C)=S)c3ncn[nH]3)[C@H]2SC1. The number of methoxy groups -OCH3 is 1. The number of amides is 1. The number of carbonyl (C=O) groups excluding carboxylic acids is 1. The van der Waals surface area contributed by atoms with E-state index in [1.165, 1.54) is 30.1 Å². The van der Waals surface area contributed by atoms with Crippen LogP contribution < -0.4 is 4.90 Å². The van der Waals surface area contributed by atoms with Crippen LogP contribution in [0.25, 0.3) is 0 Å². The third kappa shape index (κ3) is 2.36. The van der Waals surface area contributed by atoms with E-state index in [2.05, 4.69) is 15.2 Å². The number of hydrogen-bond acceptors (Lipinski definition) is 7. The number of aromatic amines is 1. The second kappa shape index (κ2) is 5.81. The molecule has 2 aliphatic rings. The third-order valence-corrected chi connectivity index (χ3v) is 5.04. The molecule has 1 saturated heterocycles. The summed E-state index contributed by atoms with van der Waals surface area (Å²) in [6, 6.07) is -0.627. The first-order valence-corrected chi connectivity index (χ1v) is 8.03. The summed E-state index contributed by atoms with van der Waals surface area (Å²) < 4.78 is 5.10. The van der Waals surface area contributed by atoms with Crippen molar-refractivity contribution in [2.75, 3.05) is 17.8 Å². The summed E-state index contributed by atoms with van der Waals surface area (Å²) in [5, 5.41) is 15.5. The number of nitrogens with zero attached hydrogens (tertiary/aromatic N) is 4. The fourth-order valence-corrected chi connectivity index (χ4v) is 4.18. The lowest BCUT2D eigenvalue weighted by atomic mass is 10.0. The number of β-lactam (4-membered cyclic amide) rings is 1. The van der Waals surface area contributed by atoms with Crippen molar-refractivity contribution in [3.05, 3.63) is 17.8 Å². The maximum atomic E-state index is 12.6. The van der Waals surface area contributed by atoms with Crippen LogP contribution >= 0.6 is 24.0 Å². The minimum Gasteiger partial charge on any atom is -0.498 e. The van der Waals surface area contributed by atoms with Crippen LogP contribution in [0.2, 0.25) is 0 Å². The Kier molecular flexibility index (Phi) is 3.98. The molecular weight excluding hydrogens is 342 g/mol. The predicted octanol–water partition coefficient (Wildman–Crippen LogP) is 0.185. The van der Waals surface area contributed by atoms with Crippen LogP contribution in [-0.2, 0) is 14.3 Å². The molecule has 2 atom stereocenters. The second-order valence-electron chi connectivity index (χ2n) is 4.83. The highest BCUT2D eigenvalue weighted by atomic mass is 32.2. The summed E-state index contributed by atoms with van der Waals surface area (Å²) in [6.45, 7) is 1.68. The lowest BCUT2D eigenvalue weighted by molar-refractivity contribution is -0.148. The smallest absolute Gasteiger partial charge is 0.356 e. The topological polar surface area (TPSA) is 112 Å². The molecule has 1 amide bonds. The molecule has 9 nitrogen and oxygen atoms in total. The molecule has 0 spiro atoms. The fraction of sp³-hybridized carbons (Fsp3) is 0.417. The van der Waals surface area contributed by atoms with Crippen LogP contribution in [0.3, 0.4) is 0 Å². The molecule has 122 valence electrons. The minimum atomic E-state index is -1.19. The number of anilines is 1. The maximum absolute atomic E-state index is 12.6. The zero-order valence-electron chi connectivity index (χ0n) is 12.2. The average molecular weight is 355 g/mol. The van der Waals surface area contributed by atoms with Gasteiger partial charge in [0.05, 0.1) is 17.9 Å². The molecule has 0 aromatic carbocycles. The van der Waals surface area contributed by atoms with E-state index < -0.39 is 12.0 Å². The van der Waals surface area contributed by atoms with Crippen LogP contribution in [0.1, 0.15) is 6.92 Å². The first-order valence-electron chi connectivity index (χ1n) is 6.57. The van der Waals surface area contributed by atoms with E-state index in [0.29, 0.717) is 16.7 Å². The number of thiocarbonyl (C=S) groups is 1. The first-order chi connectivity index (χ1) is 11.0. The summed E-state index contributed by atoms with van der Waals surface area (Å²) in [5.74, 6) is -0.562. The highest BCUT2D eigenvalue weighted by molar-refractivity contribution is 8.00.